The van der Waals surface area contributed by atoms with Gasteiger partial charge in [-0.15, -0.1) is 11.8 Å². The predicted octanol–water partition coefficient (Wildman–Crippen LogP) is 5.73. The summed E-state index contributed by atoms with van der Waals surface area (Å²) in [5.41, 5.74) is 7.61. The first-order valence-electron chi connectivity index (χ1n) is 13.0. The quantitative estimate of drug-likeness (QED) is 0.237. The van der Waals surface area contributed by atoms with Gasteiger partial charge in [-0.3, -0.25) is 9.78 Å². The summed E-state index contributed by atoms with van der Waals surface area (Å²) >= 11 is 1.28. The summed E-state index contributed by atoms with van der Waals surface area (Å²) in [4.78, 5) is 18.9. The SMILES string of the molecule is COC(=O)CC1CN(CCSc2cc(F)ccc2F)CCC1CCC(N)c1c(F)cnc2ccc(OC)cc12. The number of likely N-dealkylation sites (tertiary alicyclic amines) is 1. The van der Waals surface area contributed by atoms with Crippen molar-refractivity contribution in [1.82, 2.24) is 9.88 Å². The second kappa shape index (κ2) is 13.5. The van der Waals surface area contributed by atoms with Crippen LogP contribution < -0.4 is 10.5 Å². The molecule has 3 unspecified atom stereocenters. The van der Waals surface area contributed by atoms with Crippen LogP contribution >= 0.6 is 11.8 Å². The number of aromatic nitrogens is 1. The van der Waals surface area contributed by atoms with E-state index in [0.29, 0.717) is 52.4 Å². The Balaban J connectivity index is 1.39. The lowest BCUT2D eigenvalue weighted by Crippen LogP contribution is -2.42. The van der Waals surface area contributed by atoms with E-state index in [4.69, 9.17) is 15.2 Å². The fourth-order valence-corrected chi connectivity index (χ4v) is 6.32. The minimum Gasteiger partial charge on any atom is -0.497 e. The van der Waals surface area contributed by atoms with Crippen molar-refractivity contribution in [3.05, 3.63) is 65.6 Å². The number of carbonyl (C=O) groups excluding carboxylic acids is 1. The molecule has 4 rings (SSSR count). The molecule has 0 amide bonds. The molecule has 0 spiro atoms. The monoisotopic (exact) mass is 561 g/mol. The number of ether oxygens (including phenoxy) is 2. The third-order valence-electron chi connectivity index (χ3n) is 7.48. The van der Waals surface area contributed by atoms with Crippen LogP contribution in [0.3, 0.4) is 0 Å². The van der Waals surface area contributed by atoms with Gasteiger partial charge in [-0.1, -0.05) is 0 Å². The van der Waals surface area contributed by atoms with Crippen molar-refractivity contribution in [1.29, 1.82) is 0 Å². The Morgan fingerprint density at radius 2 is 1.97 bits per heavy atom. The summed E-state index contributed by atoms with van der Waals surface area (Å²) in [6.45, 7) is 2.18. The minimum atomic E-state index is -0.544. The molecule has 2 aromatic carbocycles. The number of pyridine rings is 1. The molecule has 1 aliphatic rings. The van der Waals surface area contributed by atoms with Crippen LogP contribution in [-0.2, 0) is 9.53 Å². The Kier molecular flexibility index (Phi) is 10.1. The molecule has 0 aliphatic carbocycles. The van der Waals surface area contributed by atoms with Crippen LogP contribution in [0.25, 0.3) is 10.9 Å². The highest BCUT2D eigenvalue weighted by atomic mass is 32.2. The van der Waals surface area contributed by atoms with Crippen LogP contribution in [0, 0.1) is 29.3 Å². The normalized spacial score (nSPS) is 18.7. The van der Waals surface area contributed by atoms with Gasteiger partial charge < -0.3 is 20.1 Å². The first-order valence-corrected chi connectivity index (χ1v) is 14.0. The molecule has 1 saturated heterocycles. The van der Waals surface area contributed by atoms with E-state index in [1.807, 2.05) is 0 Å². The molecule has 2 N–H and O–H groups in total. The summed E-state index contributed by atoms with van der Waals surface area (Å²) in [5, 5.41) is 0.634. The van der Waals surface area contributed by atoms with Gasteiger partial charge in [0.2, 0.25) is 0 Å². The number of halogens is 3. The molecule has 1 aromatic heterocycles. The Bertz CT molecular complexity index is 1300. The lowest BCUT2D eigenvalue weighted by Gasteiger charge is -2.38. The molecule has 0 radical (unpaired) electrons. The van der Waals surface area contributed by atoms with Crippen molar-refractivity contribution < 1.29 is 27.4 Å². The van der Waals surface area contributed by atoms with E-state index < -0.39 is 23.5 Å². The molecule has 1 aliphatic heterocycles. The van der Waals surface area contributed by atoms with E-state index in [9.17, 15) is 18.0 Å². The van der Waals surface area contributed by atoms with E-state index in [0.717, 1.165) is 31.5 Å². The average Bonchev–Trinajstić information content (AvgIpc) is 2.93. The van der Waals surface area contributed by atoms with Gasteiger partial charge in [0.25, 0.3) is 0 Å². The maximum atomic E-state index is 14.9. The summed E-state index contributed by atoms with van der Waals surface area (Å²) in [7, 11) is 2.93. The van der Waals surface area contributed by atoms with E-state index in [2.05, 4.69) is 9.88 Å². The van der Waals surface area contributed by atoms with Gasteiger partial charge in [-0.25, -0.2) is 13.2 Å². The number of thioether (sulfide) groups is 1. The topological polar surface area (TPSA) is 77.7 Å². The number of piperidine rings is 1. The van der Waals surface area contributed by atoms with Crippen molar-refractivity contribution in [2.24, 2.45) is 17.6 Å². The highest BCUT2D eigenvalue weighted by Gasteiger charge is 2.31. The van der Waals surface area contributed by atoms with Crippen LogP contribution in [0.4, 0.5) is 13.2 Å². The molecular formula is C29H34F3N3O3S. The van der Waals surface area contributed by atoms with Crippen LogP contribution in [0.5, 0.6) is 5.75 Å². The molecular weight excluding hydrogens is 527 g/mol. The van der Waals surface area contributed by atoms with Gasteiger partial charge in [-0.05, 0) is 74.0 Å². The van der Waals surface area contributed by atoms with Gasteiger partial charge in [-0.2, -0.15) is 0 Å². The van der Waals surface area contributed by atoms with Gasteiger partial charge in [0, 0.05) is 47.2 Å². The van der Waals surface area contributed by atoms with Crippen molar-refractivity contribution >= 4 is 28.6 Å². The van der Waals surface area contributed by atoms with Crippen LogP contribution in [-0.4, -0.2) is 55.5 Å². The third kappa shape index (κ3) is 7.43. The zero-order chi connectivity index (χ0) is 27.9. The number of rotatable bonds is 11. The number of nitrogens with two attached hydrogens (primary N) is 1. The van der Waals surface area contributed by atoms with Gasteiger partial charge in [0.15, 0.2) is 0 Å². The molecule has 210 valence electrons. The van der Waals surface area contributed by atoms with Crippen molar-refractivity contribution in [2.75, 3.05) is 39.6 Å². The maximum Gasteiger partial charge on any atom is 0.305 e. The Morgan fingerprint density at radius 1 is 1.15 bits per heavy atom. The van der Waals surface area contributed by atoms with Gasteiger partial charge in [0.1, 0.15) is 23.2 Å². The summed E-state index contributed by atoms with van der Waals surface area (Å²) in [6.07, 6.45) is 3.61. The van der Waals surface area contributed by atoms with Gasteiger partial charge >= 0.3 is 5.97 Å². The third-order valence-corrected chi connectivity index (χ3v) is 8.49. The summed E-state index contributed by atoms with van der Waals surface area (Å²) in [6, 6.07) is 8.23. The Morgan fingerprint density at radius 3 is 2.74 bits per heavy atom. The number of esters is 1. The standard InChI is InChI=1S/C29H34F3N3O3S/c1-37-21-5-8-26-22(15-21)29(24(32)16-34-26)25(33)7-3-18-9-10-35(17-19(18)13-28(36)38-2)11-12-39-27-14-20(30)4-6-23(27)31/h4-6,8,14-16,18-19,25H,3,7,9-13,17,33H2,1-2H3. The fraction of sp³-hybridized carbons (Fsp3) is 0.448. The predicted molar refractivity (Wildman–Crippen MR) is 146 cm³/mol. The molecule has 39 heavy (non-hydrogen) atoms. The van der Waals surface area contributed by atoms with Crippen LogP contribution in [0.15, 0.2) is 47.5 Å². The second-order valence-corrected chi connectivity index (χ2v) is 11.0. The number of fused-ring (bicyclic) bond motifs is 1. The van der Waals surface area contributed by atoms with Crippen molar-refractivity contribution in [2.45, 2.75) is 36.6 Å². The number of hydrogen-bond donors (Lipinski definition) is 1. The highest BCUT2D eigenvalue weighted by Crippen LogP contribution is 2.35. The largest absolute Gasteiger partial charge is 0.497 e. The fourth-order valence-electron chi connectivity index (χ4n) is 5.35. The molecule has 6 nitrogen and oxygen atoms in total. The van der Waals surface area contributed by atoms with E-state index >= 15 is 0 Å². The second-order valence-electron chi connectivity index (χ2n) is 9.90. The first kappa shape index (κ1) is 29.2. The van der Waals surface area contributed by atoms with E-state index in [-0.39, 0.29) is 24.2 Å². The molecule has 3 atom stereocenters. The van der Waals surface area contributed by atoms with Crippen molar-refractivity contribution in [3.8, 4) is 5.75 Å². The summed E-state index contributed by atoms with van der Waals surface area (Å²) < 4.78 is 52.6. The maximum absolute atomic E-state index is 14.9. The zero-order valence-corrected chi connectivity index (χ0v) is 23.0. The number of hydrogen-bond acceptors (Lipinski definition) is 7. The van der Waals surface area contributed by atoms with E-state index in [1.165, 1.54) is 31.1 Å². The van der Waals surface area contributed by atoms with Gasteiger partial charge in [0.05, 0.1) is 25.9 Å². The average molecular weight is 562 g/mol. The number of methoxy groups -OCH3 is 2. The molecule has 0 saturated carbocycles. The van der Waals surface area contributed by atoms with Crippen LogP contribution in [0.1, 0.15) is 37.3 Å². The molecule has 2 heterocycles. The number of nitrogens with zero attached hydrogens (tertiary/aromatic N) is 2. The van der Waals surface area contributed by atoms with Crippen LogP contribution in [0.2, 0.25) is 0 Å². The smallest absolute Gasteiger partial charge is 0.305 e. The van der Waals surface area contributed by atoms with Crippen molar-refractivity contribution in [3.63, 3.8) is 0 Å². The summed E-state index contributed by atoms with van der Waals surface area (Å²) in [5.74, 6) is -0.154. The zero-order valence-electron chi connectivity index (χ0n) is 22.2. The van der Waals surface area contributed by atoms with E-state index in [1.54, 1.807) is 25.3 Å². The Labute approximate surface area is 231 Å². The lowest BCUT2D eigenvalue weighted by molar-refractivity contribution is -0.142. The molecule has 0 bridgehead atoms. The molecule has 10 heteroatoms. The first-order chi connectivity index (χ1) is 18.8. The minimum absolute atomic E-state index is 0.0495. The lowest BCUT2D eigenvalue weighted by atomic mass is 9.79. The number of carbonyl (C=O) groups is 1. The molecule has 3 aromatic rings. The number of benzene rings is 2. The highest BCUT2D eigenvalue weighted by molar-refractivity contribution is 7.99. The molecule has 1 fully saturated rings. The Hall–Kier alpha value is -2.82.